The lowest BCUT2D eigenvalue weighted by molar-refractivity contribution is 0.0951. The second-order valence-electron chi connectivity index (χ2n) is 6.69. The van der Waals surface area contributed by atoms with Gasteiger partial charge in [-0.3, -0.25) is 14.5 Å². The number of benzene rings is 2. The molecule has 0 spiro atoms. The maximum Gasteiger partial charge on any atom is 0.251 e. The minimum Gasteiger partial charge on any atom is -0.491 e. The number of pyridine rings is 1. The summed E-state index contributed by atoms with van der Waals surface area (Å²) >= 11 is 0. The number of nitrogens with zero attached hydrogens (tertiary/aromatic N) is 1. The fourth-order valence-corrected chi connectivity index (χ4v) is 3.44. The molecule has 3 aromatic rings. The van der Waals surface area contributed by atoms with Crippen molar-refractivity contribution < 1.29 is 17.9 Å². The molecule has 0 aliphatic carbocycles. The molecule has 0 saturated heterocycles. The number of nitrogens with one attached hydrogen (secondary N) is 2. The summed E-state index contributed by atoms with van der Waals surface area (Å²) in [6.07, 6.45) is 3.42. The molecule has 2 N–H and O–H groups in total. The zero-order valence-corrected chi connectivity index (χ0v) is 17.1. The van der Waals surface area contributed by atoms with E-state index in [1.807, 2.05) is 30.3 Å². The number of aromatic nitrogens is 1. The first-order chi connectivity index (χ1) is 13.8. The van der Waals surface area contributed by atoms with Crippen molar-refractivity contribution in [3.8, 4) is 5.75 Å². The summed E-state index contributed by atoms with van der Waals surface area (Å²) in [6.45, 7) is 2.64. The fraction of sp³-hybridized carbons (Fsp3) is 0.238. The highest BCUT2D eigenvalue weighted by Gasteiger charge is 2.10. The summed E-state index contributed by atoms with van der Waals surface area (Å²) in [6, 6.07) is 14.5. The van der Waals surface area contributed by atoms with Crippen LogP contribution in [0.25, 0.3) is 10.9 Å². The topological polar surface area (TPSA) is 97.4 Å². The van der Waals surface area contributed by atoms with Gasteiger partial charge < -0.3 is 10.1 Å². The van der Waals surface area contributed by atoms with Gasteiger partial charge in [0.05, 0.1) is 18.6 Å². The Labute approximate surface area is 170 Å². The average molecular weight is 413 g/mol. The van der Waals surface area contributed by atoms with Crippen molar-refractivity contribution >= 4 is 32.5 Å². The number of amides is 1. The Balaban J connectivity index is 1.52. The Kier molecular flexibility index (Phi) is 6.33. The molecule has 1 amide bonds. The Morgan fingerprint density at radius 3 is 2.72 bits per heavy atom. The minimum atomic E-state index is -3.41. The Bertz CT molecular complexity index is 1120. The zero-order valence-electron chi connectivity index (χ0n) is 16.3. The molecule has 0 fully saturated rings. The van der Waals surface area contributed by atoms with E-state index in [2.05, 4.69) is 15.0 Å². The number of aryl methyl sites for hydroxylation is 1. The summed E-state index contributed by atoms with van der Waals surface area (Å²) < 4.78 is 31.1. The highest BCUT2D eigenvalue weighted by Crippen LogP contribution is 2.23. The average Bonchev–Trinajstić information content (AvgIpc) is 2.68. The van der Waals surface area contributed by atoms with Gasteiger partial charge in [0.25, 0.3) is 5.91 Å². The molecule has 0 bridgehead atoms. The van der Waals surface area contributed by atoms with E-state index in [1.165, 1.54) is 6.07 Å². The molecule has 0 atom stereocenters. The molecule has 8 heteroatoms. The SMILES string of the molecule is Cc1ccc(C(=O)NCCCOc2cccc3cccnc23)cc1NS(C)(=O)=O. The van der Waals surface area contributed by atoms with Crippen molar-refractivity contribution in [1.82, 2.24) is 10.3 Å². The molecular weight excluding hydrogens is 390 g/mol. The number of rotatable bonds is 8. The Morgan fingerprint density at radius 2 is 1.93 bits per heavy atom. The lowest BCUT2D eigenvalue weighted by Crippen LogP contribution is -2.25. The molecule has 1 aromatic heterocycles. The van der Waals surface area contributed by atoms with Crippen LogP contribution in [-0.2, 0) is 10.0 Å². The van der Waals surface area contributed by atoms with Gasteiger partial charge in [0.1, 0.15) is 11.3 Å². The van der Waals surface area contributed by atoms with E-state index in [4.69, 9.17) is 4.74 Å². The minimum absolute atomic E-state index is 0.270. The van der Waals surface area contributed by atoms with Crippen molar-refractivity contribution in [3.05, 3.63) is 65.9 Å². The van der Waals surface area contributed by atoms with E-state index in [0.717, 1.165) is 22.7 Å². The van der Waals surface area contributed by atoms with Gasteiger partial charge in [0, 0.05) is 23.7 Å². The number of sulfonamides is 1. The van der Waals surface area contributed by atoms with Crippen LogP contribution in [0.2, 0.25) is 0 Å². The molecule has 0 unspecified atom stereocenters. The predicted octanol–water partition coefficient (Wildman–Crippen LogP) is 3.11. The van der Waals surface area contributed by atoms with Gasteiger partial charge in [-0.05, 0) is 43.2 Å². The van der Waals surface area contributed by atoms with Crippen LogP contribution in [0.1, 0.15) is 22.3 Å². The first-order valence-electron chi connectivity index (χ1n) is 9.17. The van der Waals surface area contributed by atoms with Crippen molar-refractivity contribution in [2.45, 2.75) is 13.3 Å². The van der Waals surface area contributed by atoms with E-state index < -0.39 is 10.0 Å². The van der Waals surface area contributed by atoms with Crippen molar-refractivity contribution in [1.29, 1.82) is 0 Å². The second-order valence-corrected chi connectivity index (χ2v) is 8.44. The number of fused-ring (bicyclic) bond motifs is 1. The van der Waals surface area contributed by atoms with E-state index >= 15 is 0 Å². The molecule has 7 nitrogen and oxygen atoms in total. The number of hydrogen-bond acceptors (Lipinski definition) is 5. The summed E-state index contributed by atoms with van der Waals surface area (Å²) in [7, 11) is -3.41. The number of para-hydroxylation sites is 1. The molecule has 0 saturated carbocycles. The smallest absolute Gasteiger partial charge is 0.251 e. The number of hydrogen-bond donors (Lipinski definition) is 2. The van der Waals surface area contributed by atoms with Crippen LogP contribution < -0.4 is 14.8 Å². The summed E-state index contributed by atoms with van der Waals surface area (Å²) in [4.78, 5) is 16.7. The maximum absolute atomic E-state index is 12.3. The number of carbonyl (C=O) groups is 1. The number of carbonyl (C=O) groups excluding carboxylic acids is 1. The first-order valence-corrected chi connectivity index (χ1v) is 11.1. The molecule has 0 aliphatic rings. The van der Waals surface area contributed by atoms with Crippen LogP contribution in [0.15, 0.2) is 54.7 Å². The van der Waals surface area contributed by atoms with Gasteiger partial charge >= 0.3 is 0 Å². The second kappa shape index (κ2) is 8.91. The van der Waals surface area contributed by atoms with Gasteiger partial charge in [0.2, 0.25) is 10.0 Å². The van der Waals surface area contributed by atoms with Gasteiger partial charge in [-0.2, -0.15) is 0 Å². The number of ether oxygens (including phenoxy) is 1. The molecule has 3 rings (SSSR count). The maximum atomic E-state index is 12.3. The summed E-state index contributed by atoms with van der Waals surface area (Å²) in [5.41, 5.74) is 2.33. The summed E-state index contributed by atoms with van der Waals surface area (Å²) in [5.74, 6) is 0.442. The van der Waals surface area contributed by atoms with E-state index in [9.17, 15) is 13.2 Å². The molecule has 0 radical (unpaired) electrons. The largest absolute Gasteiger partial charge is 0.491 e. The van der Waals surface area contributed by atoms with Crippen LogP contribution >= 0.6 is 0 Å². The van der Waals surface area contributed by atoms with Crippen LogP contribution in [0, 0.1) is 6.92 Å². The molecule has 29 heavy (non-hydrogen) atoms. The third-order valence-corrected chi connectivity index (χ3v) is 4.85. The van der Waals surface area contributed by atoms with Gasteiger partial charge in [-0.1, -0.05) is 24.3 Å². The lowest BCUT2D eigenvalue weighted by Gasteiger charge is -2.11. The molecular formula is C21H23N3O4S. The Hall–Kier alpha value is -3.13. The van der Waals surface area contributed by atoms with Crippen LogP contribution in [0.4, 0.5) is 5.69 Å². The monoisotopic (exact) mass is 413 g/mol. The third kappa shape index (κ3) is 5.68. The van der Waals surface area contributed by atoms with E-state index in [0.29, 0.717) is 36.6 Å². The van der Waals surface area contributed by atoms with Crippen molar-refractivity contribution in [2.24, 2.45) is 0 Å². The van der Waals surface area contributed by atoms with Gasteiger partial charge in [-0.25, -0.2) is 8.42 Å². The Morgan fingerprint density at radius 1 is 1.14 bits per heavy atom. The van der Waals surface area contributed by atoms with Crippen molar-refractivity contribution in [2.75, 3.05) is 24.1 Å². The third-order valence-electron chi connectivity index (χ3n) is 4.26. The van der Waals surface area contributed by atoms with Crippen molar-refractivity contribution in [3.63, 3.8) is 0 Å². The van der Waals surface area contributed by atoms with Crippen LogP contribution in [0.3, 0.4) is 0 Å². The van der Waals surface area contributed by atoms with E-state index in [-0.39, 0.29) is 5.91 Å². The predicted molar refractivity (Wildman–Crippen MR) is 114 cm³/mol. The standard InChI is InChI=1S/C21H23N3O4S/c1-15-9-10-17(14-18(15)24-29(2,26)27)21(25)23-12-5-13-28-19-8-3-6-16-7-4-11-22-20(16)19/h3-4,6-11,14,24H,5,12-13H2,1-2H3,(H,23,25). The van der Waals surface area contributed by atoms with Gasteiger partial charge in [0.15, 0.2) is 0 Å². The van der Waals surface area contributed by atoms with Crippen LogP contribution in [0.5, 0.6) is 5.75 Å². The molecule has 152 valence electrons. The zero-order chi connectivity index (χ0) is 20.9. The quantitative estimate of drug-likeness (QED) is 0.553. The van der Waals surface area contributed by atoms with Crippen LogP contribution in [-0.4, -0.2) is 38.7 Å². The molecule has 0 aliphatic heterocycles. The number of anilines is 1. The fourth-order valence-electron chi connectivity index (χ4n) is 2.82. The summed E-state index contributed by atoms with van der Waals surface area (Å²) in [5, 5.41) is 3.83. The molecule has 2 aromatic carbocycles. The highest BCUT2D eigenvalue weighted by molar-refractivity contribution is 7.92. The van der Waals surface area contributed by atoms with Gasteiger partial charge in [-0.15, -0.1) is 0 Å². The highest BCUT2D eigenvalue weighted by atomic mass is 32.2. The molecule has 1 heterocycles. The lowest BCUT2D eigenvalue weighted by atomic mass is 10.1. The normalized spacial score (nSPS) is 11.2. The van der Waals surface area contributed by atoms with E-state index in [1.54, 1.807) is 25.3 Å². The first kappa shape index (κ1) is 20.6.